The maximum atomic E-state index is 13.0. The first-order valence-corrected chi connectivity index (χ1v) is 13.8. The van der Waals surface area contributed by atoms with E-state index in [9.17, 15) is 21.6 Å². The predicted molar refractivity (Wildman–Crippen MR) is 144 cm³/mol. The topological polar surface area (TPSA) is 159 Å². The van der Waals surface area contributed by atoms with E-state index >= 15 is 0 Å². The van der Waals surface area contributed by atoms with Gasteiger partial charge in [0.1, 0.15) is 22.9 Å². The molecule has 4 aromatic rings. The lowest BCUT2D eigenvalue weighted by Gasteiger charge is -2.17. The highest BCUT2D eigenvalue weighted by Gasteiger charge is 2.38. The summed E-state index contributed by atoms with van der Waals surface area (Å²) in [5.41, 5.74) is 1.07. The van der Waals surface area contributed by atoms with Gasteiger partial charge in [0.2, 0.25) is 21.8 Å². The molecule has 0 aliphatic rings. The van der Waals surface area contributed by atoms with Crippen LogP contribution in [-0.2, 0) is 21.2 Å². The molecule has 3 heterocycles. The molecule has 0 spiro atoms. The van der Waals surface area contributed by atoms with Crippen molar-refractivity contribution in [3.8, 4) is 28.8 Å². The number of carboxylic acid groups (broad SMARTS) is 1. The van der Waals surface area contributed by atoms with Crippen LogP contribution in [0, 0.1) is 6.92 Å². The van der Waals surface area contributed by atoms with Gasteiger partial charge in [0.25, 0.3) is 0 Å². The highest BCUT2D eigenvalue weighted by atomic mass is 79.9. The van der Waals surface area contributed by atoms with Crippen molar-refractivity contribution in [2.45, 2.75) is 19.5 Å². The second kappa shape index (κ2) is 13.0. The third-order valence-corrected chi connectivity index (χ3v) is 6.86. The van der Waals surface area contributed by atoms with E-state index in [1.54, 1.807) is 49.5 Å². The smallest absolute Gasteiger partial charge is 0.490 e. The molecule has 3 aromatic heterocycles. The van der Waals surface area contributed by atoms with Gasteiger partial charge in [-0.05, 0) is 59.3 Å². The van der Waals surface area contributed by atoms with Gasteiger partial charge in [0.05, 0.1) is 20.0 Å². The standard InChI is InChI=1S/C22H22BrN5O5S.C2HF3O2/c1-14-7-10-19(33-14)21-25-26-22(28(21)20-17(31-2)5-4-6-18(20)32-3)27-34(29,30)12-11-16-9-8-15(23)13-24-16;3-2(4,5)1(6)7/h4-10,13H,11-12H2,1-3H3,(H,26,27);(H,6,7). The van der Waals surface area contributed by atoms with Gasteiger partial charge in [-0.1, -0.05) is 6.07 Å². The zero-order chi connectivity index (χ0) is 30.4. The molecule has 4 rings (SSSR count). The van der Waals surface area contributed by atoms with Crippen LogP contribution in [0.2, 0.25) is 0 Å². The maximum absolute atomic E-state index is 13.0. The number of ether oxygens (including phenoxy) is 2. The molecule has 41 heavy (non-hydrogen) atoms. The third-order valence-electron chi connectivity index (χ3n) is 5.15. The number of aryl methyl sites for hydroxylation is 2. The molecule has 17 heteroatoms. The first-order valence-electron chi connectivity index (χ1n) is 11.4. The molecule has 0 unspecified atom stereocenters. The predicted octanol–water partition coefficient (Wildman–Crippen LogP) is 4.63. The molecule has 0 bridgehead atoms. The number of nitrogens with one attached hydrogen (secondary N) is 1. The Morgan fingerprint density at radius 3 is 2.22 bits per heavy atom. The third kappa shape index (κ3) is 8.20. The van der Waals surface area contributed by atoms with Crippen molar-refractivity contribution < 1.29 is 45.4 Å². The van der Waals surface area contributed by atoms with Crippen molar-refractivity contribution in [2.24, 2.45) is 0 Å². The number of alkyl halides is 3. The van der Waals surface area contributed by atoms with E-state index in [0.717, 1.165) is 4.47 Å². The fourth-order valence-corrected chi connectivity index (χ4v) is 4.54. The molecular formula is C24H23BrF3N5O7S. The van der Waals surface area contributed by atoms with Gasteiger partial charge in [-0.2, -0.15) is 13.2 Å². The van der Waals surface area contributed by atoms with Gasteiger partial charge < -0.3 is 19.0 Å². The SMILES string of the molecule is COc1cccc(OC)c1-n1c(NS(=O)(=O)CCc2ccc(Br)cn2)nnc1-c1ccc(C)o1.O=C(O)C(F)(F)F. The molecule has 0 amide bonds. The number of carboxylic acids is 1. The number of benzene rings is 1. The van der Waals surface area contributed by atoms with Crippen molar-refractivity contribution in [3.05, 3.63) is 64.6 Å². The van der Waals surface area contributed by atoms with Crippen molar-refractivity contribution in [2.75, 3.05) is 24.7 Å². The van der Waals surface area contributed by atoms with Gasteiger partial charge >= 0.3 is 12.1 Å². The maximum Gasteiger partial charge on any atom is 0.490 e. The summed E-state index contributed by atoms with van der Waals surface area (Å²) in [5.74, 6) is -0.770. The molecule has 0 radical (unpaired) electrons. The minimum absolute atomic E-state index is 0.0318. The van der Waals surface area contributed by atoms with Crippen LogP contribution in [0.25, 0.3) is 17.3 Å². The van der Waals surface area contributed by atoms with Crippen molar-refractivity contribution in [3.63, 3.8) is 0 Å². The molecule has 220 valence electrons. The van der Waals surface area contributed by atoms with Crippen LogP contribution in [0.4, 0.5) is 19.1 Å². The Balaban J connectivity index is 0.000000587. The first-order chi connectivity index (χ1) is 19.3. The molecule has 0 saturated heterocycles. The van der Waals surface area contributed by atoms with Crippen LogP contribution in [0.1, 0.15) is 11.5 Å². The van der Waals surface area contributed by atoms with E-state index in [-0.39, 0.29) is 23.9 Å². The summed E-state index contributed by atoms with van der Waals surface area (Å²) in [6.07, 6.45) is -3.24. The number of hydrogen-bond acceptors (Lipinski definition) is 9. The van der Waals surface area contributed by atoms with E-state index in [1.807, 2.05) is 6.07 Å². The van der Waals surface area contributed by atoms with E-state index in [0.29, 0.717) is 34.4 Å². The number of furan rings is 1. The largest absolute Gasteiger partial charge is 0.494 e. The van der Waals surface area contributed by atoms with E-state index < -0.39 is 22.2 Å². The second-order valence-electron chi connectivity index (χ2n) is 8.05. The van der Waals surface area contributed by atoms with Gasteiger partial charge in [-0.25, -0.2) is 13.2 Å². The average Bonchev–Trinajstić information content (AvgIpc) is 3.53. The number of methoxy groups -OCH3 is 2. The molecule has 12 nitrogen and oxygen atoms in total. The molecular weight excluding hydrogens is 639 g/mol. The number of aromatic nitrogens is 4. The van der Waals surface area contributed by atoms with Crippen molar-refractivity contribution >= 4 is 37.9 Å². The zero-order valence-corrected chi connectivity index (χ0v) is 24.0. The Bertz CT molecular complexity index is 1580. The average molecular weight is 662 g/mol. The number of para-hydroxylation sites is 1. The Morgan fingerprint density at radius 1 is 1.10 bits per heavy atom. The summed E-state index contributed by atoms with van der Waals surface area (Å²) in [4.78, 5) is 13.1. The number of rotatable bonds is 9. The Labute approximate surface area is 240 Å². The molecule has 0 aliphatic carbocycles. The van der Waals surface area contributed by atoms with Crippen LogP contribution < -0.4 is 14.2 Å². The minimum atomic E-state index is -5.08. The summed E-state index contributed by atoms with van der Waals surface area (Å²) in [6, 6.07) is 12.3. The lowest BCUT2D eigenvalue weighted by Crippen LogP contribution is -2.21. The number of aliphatic carboxylic acids is 1. The van der Waals surface area contributed by atoms with Gasteiger partial charge in [0, 0.05) is 22.8 Å². The molecule has 0 aliphatic heterocycles. The van der Waals surface area contributed by atoms with Crippen LogP contribution in [0.5, 0.6) is 11.5 Å². The molecule has 2 N–H and O–H groups in total. The summed E-state index contributed by atoms with van der Waals surface area (Å²) in [7, 11) is -0.797. The summed E-state index contributed by atoms with van der Waals surface area (Å²) < 4.78 is 79.3. The lowest BCUT2D eigenvalue weighted by atomic mass is 10.2. The van der Waals surface area contributed by atoms with Gasteiger partial charge in [-0.15, -0.1) is 10.2 Å². The second-order valence-corrected chi connectivity index (χ2v) is 10.8. The number of anilines is 1. The van der Waals surface area contributed by atoms with Gasteiger partial charge in [0.15, 0.2) is 5.76 Å². The Kier molecular flexibility index (Phi) is 9.98. The lowest BCUT2D eigenvalue weighted by molar-refractivity contribution is -0.192. The molecule has 0 atom stereocenters. The quantitative estimate of drug-likeness (QED) is 0.259. The van der Waals surface area contributed by atoms with Crippen LogP contribution >= 0.6 is 15.9 Å². The zero-order valence-electron chi connectivity index (χ0n) is 21.6. The minimum Gasteiger partial charge on any atom is -0.494 e. The normalized spacial score (nSPS) is 11.4. The highest BCUT2D eigenvalue weighted by molar-refractivity contribution is 9.10. The number of hydrogen-bond donors (Lipinski definition) is 2. The van der Waals surface area contributed by atoms with Crippen LogP contribution in [0.15, 0.2) is 57.6 Å². The fraction of sp³-hybridized carbons (Fsp3) is 0.250. The number of pyridine rings is 1. The number of halogens is 4. The number of nitrogens with zero attached hydrogens (tertiary/aromatic N) is 4. The molecule has 1 aromatic carbocycles. The van der Waals surface area contributed by atoms with Gasteiger partial charge in [-0.3, -0.25) is 14.3 Å². The van der Waals surface area contributed by atoms with Crippen LogP contribution in [-0.4, -0.2) is 65.4 Å². The fourth-order valence-electron chi connectivity index (χ4n) is 3.31. The summed E-state index contributed by atoms with van der Waals surface area (Å²) in [6.45, 7) is 1.80. The Morgan fingerprint density at radius 2 is 1.73 bits per heavy atom. The molecule has 0 fully saturated rings. The van der Waals surface area contributed by atoms with E-state index in [1.165, 1.54) is 18.8 Å². The van der Waals surface area contributed by atoms with Crippen LogP contribution in [0.3, 0.4) is 0 Å². The Hall–Kier alpha value is -4.12. The number of carbonyl (C=O) groups is 1. The highest BCUT2D eigenvalue weighted by Crippen LogP contribution is 2.38. The van der Waals surface area contributed by atoms with E-state index in [2.05, 4.69) is 35.8 Å². The van der Waals surface area contributed by atoms with Crippen molar-refractivity contribution in [1.29, 1.82) is 0 Å². The number of sulfonamides is 1. The monoisotopic (exact) mass is 661 g/mol. The summed E-state index contributed by atoms with van der Waals surface area (Å²) >= 11 is 3.32. The van der Waals surface area contributed by atoms with E-state index in [4.69, 9.17) is 23.8 Å². The first kappa shape index (κ1) is 31.4. The summed E-state index contributed by atoms with van der Waals surface area (Å²) in [5, 5.41) is 15.4. The molecule has 0 saturated carbocycles. The van der Waals surface area contributed by atoms with Crippen molar-refractivity contribution in [1.82, 2.24) is 19.7 Å².